The van der Waals surface area contributed by atoms with E-state index in [0.29, 0.717) is 10.8 Å². The molecule has 0 radical (unpaired) electrons. The Balaban J connectivity index is 1.72. The Hall–Kier alpha value is -3.25. The highest BCUT2D eigenvalue weighted by atomic mass is 32.1. The van der Waals surface area contributed by atoms with Crippen molar-refractivity contribution in [2.45, 2.75) is 26.8 Å². The first kappa shape index (κ1) is 19.1. The van der Waals surface area contributed by atoms with Crippen LogP contribution >= 0.6 is 11.3 Å². The minimum atomic E-state index is -0.202. The Morgan fingerprint density at radius 2 is 1.62 bits per heavy atom. The molecule has 2 heterocycles. The first-order valence-electron chi connectivity index (χ1n) is 9.52. The monoisotopic (exact) mass is 402 g/mol. The Kier molecular flexibility index (Phi) is 5.27. The molecule has 1 amide bonds. The van der Waals surface area contributed by atoms with Crippen molar-refractivity contribution in [1.82, 2.24) is 14.8 Å². The number of carbonyl (C=O) groups is 1. The molecule has 0 aliphatic carbocycles. The summed E-state index contributed by atoms with van der Waals surface area (Å²) >= 11 is 1.48. The molecule has 6 heteroatoms. The van der Waals surface area contributed by atoms with Gasteiger partial charge in [-0.15, -0.1) is 0 Å². The van der Waals surface area contributed by atoms with Gasteiger partial charge in [-0.3, -0.25) is 14.8 Å². The van der Waals surface area contributed by atoms with Gasteiger partial charge in [0.05, 0.1) is 16.3 Å². The van der Waals surface area contributed by atoms with Crippen molar-refractivity contribution in [3.05, 3.63) is 78.1 Å². The SMILES string of the molecule is Cc1cc(C(=O)Nc2nc(-c3ccccc3)c(-c3ccccc3)s2)n(C(C)C)n1. The van der Waals surface area contributed by atoms with Crippen molar-refractivity contribution >= 4 is 22.4 Å². The van der Waals surface area contributed by atoms with E-state index in [1.807, 2.05) is 69.3 Å². The Morgan fingerprint density at radius 1 is 1.00 bits per heavy atom. The summed E-state index contributed by atoms with van der Waals surface area (Å²) in [7, 11) is 0. The number of hydrogen-bond acceptors (Lipinski definition) is 4. The molecule has 0 aliphatic heterocycles. The Morgan fingerprint density at radius 3 is 2.24 bits per heavy atom. The second-order valence-electron chi connectivity index (χ2n) is 7.09. The molecule has 1 N–H and O–H groups in total. The molecule has 0 saturated heterocycles. The van der Waals surface area contributed by atoms with Gasteiger partial charge in [0.15, 0.2) is 5.13 Å². The van der Waals surface area contributed by atoms with Crippen LogP contribution < -0.4 is 5.32 Å². The molecule has 0 spiro atoms. The molecule has 2 aromatic carbocycles. The lowest BCUT2D eigenvalue weighted by Crippen LogP contribution is -2.18. The summed E-state index contributed by atoms with van der Waals surface area (Å²) in [5, 5.41) is 7.98. The minimum Gasteiger partial charge on any atom is -0.296 e. The summed E-state index contributed by atoms with van der Waals surface area (Å²) in [5.41, 5.74) is 4.32. The molecule has 146 valence electrons. The second-order valence-corrected chi connectivity index (χ2v) is 8.09. The summed E-state index contributed by atoms with van der Waals surface area (Å²) in [4.78, 5) is 18.7. The number of amides is 1. The van der Waals surface area contributed by atoms with Crippen LogP contribution in [0.25, 0.3) is 21.7 Å². The molecule has 0 fully saturated rings. The summed E-state index contributed by atoms with van der Waals surface area (Å²) in [5.74, 6) is -0.202. The second kappa shape index (κ2) is 8.01. The average Bonchev–Trinajstić information content (AvgIpc) is 3.33. The molecule has 5 nitrogen and oxygen atoms in total. The molecule has 4 rings (SSSR count). The zero-order chi connectivity index (χ0) is 20.4. The minimum absolute atomic E-state index is 0.0977. The number of rotatable bonds is 5. The van der Waals surface area contributed by atoms with E-state index >= 15 is 0 Å². The largest absolute Gasteiger partial charge is 0.296 e. The van der Waals surface area contributed by atoms with Crippen LogP contribution in [0.3, 0.4) is 0 Å². The molecule has 0 saturated carbocycles. The third kappa shape index (κ3) is 3.98. The lowest BCUT2D eigenvalue weighted by atomic mass is 10.1. The number of carbonyl (C=O) groups excluding carboxylic acids is 1. The van der Waals surface area contributed by atoms with Crippen LogP contribution in [0, 0.1) is 6.92 Å². The molecular weight excluding hydrogens is 380 g/mol. The molecule has 0 bridgehead atoms. The zero-order valence-corrected chi connectivity index (χ0v) is 17.4. The molecular formula is C23H22N4OS. The lowest BCUT2D eigenvalue weighted by Gasteiger charge is -2.09. The number of hydrogen-bond donors (Lipinski definition) is 1. The van der Waals surface area contributed by atoms with Gasteiger partial charge in [-0.1, -0.05) is 72.0 Å². The normalized spacial score (nSPS) is 11.0. The van der Waals surface area contributed by atoms with Gasteiger partial charge >= 0.3 is 0 Å². The first-order valence-corrected chi connectivity index (χ1v) is 10.3. The first-order chi connectivity index (χ1) is 14.0. The number of aromatic nitrogens is 3. The van der Waals surface area contributed by atoms with Gasteiger partial charge in [0.25, 0.3) is 5.91 Å². The van der Waals surface area contributed by atoms with Crippen molar-refractivity contribution in [3.8, 4) is 21.7 Å². The molecule has 2 aromatic heterocycles. The molecule has 0 atom stereocenters. The van der Waals surface area contributed by atoms with Crippen LogP contribution in [0.1, 0.15) is 36.1 Å². The smallest absolute Gasteiger partial charge is 0.275 e. The van der Waals surface area contributed by atoms with Crippen LogP contribution in [0.2, 0.25) is 0 Å². The number of nitrogens with zero attached hydrogens (tertiary/aromatic N) is 3. The van der Waals surface area contributed by atoms with Gasteiger partial charge < -0.3 is 0 Å². The zero-order valence-electron chi connectivity index (χ0n) is 16.6. The maximum atomic E-state index is 12.9. The molecule has 4 aromatic rings. The summed E-state index contributed by atoms with van der Waals surface area (Å²) in [6.45, 7) is 5.90. The quantitative estimate of drug-likeness (QED) is 0.458. The average molecular weight is 403 g/mol. The predicted octanol–water partition coefficient (Wildman–Crippen LogP) is 5.82. The number of anilines is 1. The maximum Gasteiger partial charge on any atom is 0.275 e. The fourth-order valence-electron chi connectivity index (χ4n) is 3.19. The van der Waals surface area contributed by atoms with E-state index in [4.69, 9.17) is 4.98 Å². The van der Waals surface area contributed by atoms with Crippen molar-refractivity contribution in [2.24, 2.45) is 0 Å². The molecule has 29 heavy (non-hydrogen) atoms. The van der Waals surface area contributed by atoms with Crippen LogP contribution in [-0.4, -0.2) is 20.7 Å². The molecule has 0 unspecified atom stereocenters. The van der Waals surface area contributed by atoms with Gasteiger partial charge in [-0.05, 0) is 32.4 Å². The van der Waals surface area contributed by atoms with Crippen molar-refractivity contribution < 1.29 is 4.79 Å². The van der Waals surface area contributed by atoms with Gasteiger partial charge in [0.2, 0.25) is 0 Å². The van der Waals surface area contributed by atoms with Gasteiger partial charge in [0, 0.05) is 11.6 Å². The van der Waals surface area contributed by atoms with Gasteiger partial charge in [-0.2, -0.15) is 5.10 Å². The number of benzene rings is 2. The van der Waals surface area contributed by atoms with E-state index in [2.05, 4.69) is 22.5 Å². The summed E-state index contributed by atoms with van der Waals surface area (Å²) < 4.78 is 1.74. The third-order valence-electron chi connectivity index (χ3n) is 4.51. The van der Waals surface area contributed by atoms with E-state index in [0.717, 1.165) is 27.4 Å². The third-order valence-corrected chi connectivity index (χ3v) is 5.53. The van der Waals surface area contributed by atoms with Crippen molar-refractivity contribution in [3.63, 3.8) is 0 Å². The van der Waals surface area contributed by atoms with Crippen molar-refractivity contribution in [1.29, 1.82) is 0 Å². The highest BCUT2D eigenvalue weighted by molar-refractivity contribution is 7.19. The van der Waals surface area contributed by atoms with E-state index < -0.39 is 0 Å². The summed E-state index contributed by atoms with van der Waals surface area (Å²) in [6.07, 6.45) is 0. The van der Waals surface area contributed by atoms with E-state index in [1.165, 1.54) is 11.3 Å². The number of thiazole rings is 1. The number of aryl methyl sites for hydroxylation is 1. The highest BCUT2D eigenvalue weighted by Gasteiger charge is 2.20. The standard InChI is InChI=1S/C23H22N4OS/c1-15(2)27-19(14-16(3)26-27)22(28)25-23-24-20(17-10-6-4-7-11-17)21(29-23)18-12-8-5-9-13-18/h4-15H,1-3H3,(H,24,25,28). The highest BCUT2D eigenvalue weighted by Crippen LogP contribution is 2.39. The fraction of sp³-hybridized carbons (Fsp3) is 0.174. The van der Waals surface area contributed by atoms with Crippen LogP contribution in [0.4, 0.5) is 5.13 Å². The van der Waals surface area contributed by atoms with Crippen molar-refractivity contribution in [2.75, 3.05) is 5.32 Å². The fourth-order valence-corrected chi connectivity index (χ4v) is 4.18. The number of nitrogens with one attached hydrogen (secondary N) is 1. The Labute approximate surface area is 174 Å². The Bertz CT molecular complexity index is 1070. The van der Waals surface area contributed by atoms with E-state index in [-0.39, 0.29) is 11.9 Å². The molecule has 0 aliphatic rings. The topological polar surface area (TPSA) is 59.8 Å². The van der Waals surface area contributed by atoms with Crippen LogP contribution in [0.15, 0.2) is 66.7 Å². The van der Waals surface area contributed by atoms with E-state index in [9.17, 15) is 4.79 Å². The van der Waals surface area contributed by atoms with E-state index in [1.54, 1.807) is 10.7 Å². The maximum absolute atomic E-state index is 12.9. The lowest BCUT2D eigenvalue weighted by molar-refractivity contribution is 0.101. The predicted molar refractivity (Wildman–Crippen MR) is 118 cm³/mol. The van der Waals surface area contributed by atoms with Crippen LogP contribution in [-0.2, 0) is 0 Å². The van der Waals surface area contributed by atoms with Gasteiger partial charge in [-0.25, -0.2) is 4.98 Å². The van der Waals surface area contributed by atoms with Crippen LogP contribution in [0.5, 0.6) is 0 Å². The van der Waals surface area contributed by atoms with Gasteiger partial charge in [0.1, 0.15) is 5.69 Å². The summed E-state index contributed by atoms with van der Waals surface area (Å²) in [6, 6.07) is 22.1.